The molecular formula is C30H42N4O6. The van der Waals surface area contributed by atoms with Gasteiger partial charge in [-0.05, 0) is 62.3 Å². The third-order valence-electron chi connectivity index (χ3n) is 7.11. The van der Waals surface area contributed by atoms with Crippen molar-refractivity contribution in [3.05, 3.63) is 53.6 Å². The number of benzene rings is 2. The fourth-order valence-corrected chi connectivity index (χ4v) is 5.15. The zero-order valence-electron chi connectivity index (χ0n) is 24.1. The maximum Gasteiger partial charge on any atom is 0.236 e. The van der Waals surface area contributed by atoms with E-state index in [4.69, 9.17) is 18.9 Å². The minimum absolute atomic E-state index is 0.0474. The molecule has 1 fully saturated rings. The summed E-state index contributed by atoms with van der Waals surface area (Å²) in [5, 5.41) is 3.20. The highest BCUT2D eigenvalue weighted by molar-refractivity contribution is 5.80. The van der Waals surface area contributed by atoms with Gasteiger partial charge < -0.3 is 34.1 Å². The molecule has 2 amide bonds. The summed E-state index contributed by atoms with van der Waals surface area (Å²) < 4.78 is 23.4. The quantitative estimate of drug-likeness (QED) is 0.522. The number of piperidine rings is 1. The monoisotopic (exact) mass is 554 g/mol. The second-order valence-electron chi connectivity index (χ2n) is 10.7. The van der Waals surface area contributed by atoms with Gasteiger partial charge in [0.1, 0.15) is 5.75 Å². The predicted octanol–water partition coefficient (Wildman–Crippen LogP) is 2.50. The summed E-state index contributed by atoms with van der Waals surface area (Å²) in [5.74, 6) is 1.88. The van der Waals surface area contributed by atoms with Crippen LogP contribution in [0.5, 0.6) is 17.2 Å². The molecular weight excluding hydrogens is 512 g/mol. The number of nitrogens with zero attached hydrogens (tertiary/aromatic N) is 3. The van der Waals surface area contributed by atoms with E-state index in [-0.39, 0.29) is 30.5 Å². The Morgan fingerprint density at radius 3 is 2.75 bits per heavy atom. The number of carbonyl (C=O) groups excluding carboxylic acids is 2. The van der Waals surface area contributed by atoms with E-state index in [1.807, 2.05) is 66.4 Å². The first-order valence-electron chi connectivity index (χ1n) is 13.8. The first kappa shape index (κ1) is 29.8. The molecule has 2 aromatic rings. The van der Waals surface area contributed by atoms with Crippen molar-refractivity contribution in [1.82, 2.24) is 20.0 Å². The van der Waals surface area contributed by atoms with Gasteiger partial charge in [0.25, 0.3) is 0 Å². The molecule has 2 atom stereocenters. The number of hydrogen-bond donors (Lipinski definition) is 1. The molecule has 2 aliphatic rings. The maximum absolute atomic E-state index is 13.4. The summed E-state index contributed by atoms with van der Waals surface area (Å²) in [5.41, 5.74) is 1.96. The van der Waals surface area contributed by atoms with E-state index in [1.165, 1.54) is 0 Å². The number of likely N-dealkylation sites (N-methyl/N-ethyl adjacent to an activating group) is 1. The minimum Gasteiger partial charge on any atom is -0.493 e. The molecule has 1 saturated heterocycles. The summed E-state index contributed by atoms with van der Waals surface area (Å²) in [6.45, 7) is 3.74. The third kappa shape index (κ3) is 8.41. The molecule has 0 spiro atoms. The lowest BCUT2D eigenvalue weighted by atomic mass is 10.0. The van der Waals surface area contributed by atoms with E-state index in [0.29, 0.717) is 69.6 Å². The number of rotatable bonds is 7. The number of methoxy groups -OCH3 is 2. The zero-order valence-corrected chi connectivity index (χ0v) is 24.1. The van der Waals surface area contributed by atoms with Crippen LogP contribution in [0.4, 0.5) is 0 Å². The Morgan fingerprint density at radius 1 is 1.12 bits per heavy atom. The van der Waals surface area contributed by atoms with Gasteiger partial charge in [-0.15, -0.1) is 0 Å². The van der Waals surface area contributed by atoms with Crippen LogP contribution in [-0.2, 0) is 32.2 Å². The van der Waals surface area contributed by atoms with Gasteiger partial charge in [0, 0.05) is 39.9 Å². The van der Waals surface area contributed by atoms with Gasteiger partial charge in [-0.3, -0.25) is 14.5 Å². The Hall–Kier alpha value is -3.18. The van der Waals surface area contributed by atoms with E-state index >= 15 is 0 Å². The first-order valence-corrected chi connectivity index (χ1v) is 13.8. The van der Waals surface area contributed by atoms with Crippen molar-refractivity contribution in [2.24, 2.45) is 0 Å². The average Bonchev–Trinajstić information content (AvgIpc) is 2.92. The highest BCUT2D eigenvalue weighted by Gasteiger charge is 2.33. The normalized spacial score (nSPS) is 20.4. The van der Waals surface area contributed by atoms with Crippen molar-refractivity contribution in [2.75, 3.05) is 67.6 Å². The van der Waals surface area contributed by atoms with Gasteiger partial charge >= 0.3 is 0 Å². The first-order chi connectivity index (χ1) is 19.3. The number of hydrogen-bond acceptors (Lipinski definition) is 8. The van der Waals surface area contributed by atoms with Gasteiger partial charge in [0.05, 0.1) is 39.0 Å². The SMILES string of the molecule is COCCCN1CC(=O)N[C@H]2CN(C(=O)CN(C)C)CC[C@H]2OCc2cccc(c2)Oc2cc(ccc2OC)C1. The topological polar surface area (TPSA) is 92.8 Å². The van der Waals surface area contributed by atoms with Crippen molar-refractivity contribution in [2.45, 2.75) is 38.1 Å². The number of likely N-dealkylation sites (tertiary alicyclic amines) is 1. The molecule has 1 N–H and O–H groups in total. The van der Waals surface area contributed by atoms with Gasteiger partial charge in [-0.2, -0.15) is 0 Å². The van der Waals surface area contributed by atoms with Crippen LogP contribution >= 0.6 is 0 Å². The van der Waals surface area contributed by atoms with Crippen LogP contribution in [0.25, 0.3) is 0 Å². The molecule has 2 heterocycles. The molecule has 10 heteroatoms. The Balaban J connectivity index is 1.61. The molecule has 2 aliphatic heterocycles. The summed E-state index contributed by atoms with van der Waals surface area (Å²) >= 11 is 0. The molecule has 4 rings (SSSR count). The Kier molecular flexibility index (Phi) is 10.8. The molecule has 4 bridgehead atoms. The number of fused-ring (bicyclic) bond motifs is 5. The van der Waals surface area contributed by atoms with Crippen LogP contribution in [0, 0.1) is 0 Å². The lowest BCUT2D eigenvalue weighted by Crippen LogP contribution is -2.59. The molecule has 218 valence electrons. The van der Waals surface area contributed by atoms with E-state index in [2.05, 4.69) is 10.2 Å². The highest BCUT2D eigenvalue weighted by Crippen LogP contribution is 2.33. The van der Waals surface area contributed by atoms with Gasteiger partial charge in [-0.25, -0.2) is 0 Å². The number of nitrogens with one attached hydrogen (secondary N) is 1. The molecule has 2 aromatic carbocycles. The molecule has 0 radical (unpaired) electrons. The number of amides is 2. The van der Waals surface area contributed by atoms with Crippen molar-refractivity contribution in [3.63, 3.8) is 0 Å². The maximum atomic E-state index is 13.4. The van der Waals surface area contributed by atoms with E-state index < -0.39 is 0 Å². The highest BCUT2D eigenvalue weighted by atomic mass is 16.5. The molecule has 0 unspecified atom stereocenters. The van der Waals surface area contributed by atoms with Crippen LogP contribution in [-0.4, -0.2) is 106 Å². The standard InChI is InChI=1S/C30H42N4O6/c1-32(2)20-30(36)34-13-11-26-25(18-34)31-29(35)19-33(12-6-14-37-3)17-22-9-10-27(38-4)28(16-22)40-24-8-5-7-23(15-24)21-39-26/h5,7-10,15-16,25-26H,6,11-14,17-21H2,1-4H3,(H,31,35)/t25-,26+/m0/s1. The van der Waals surface area contributed by atoms with E-state index in [9.17, 15) is 9.59 Å². The van der Waals surface area contributed by atoms with Gasteiger partial charge in [-0.1, -0.05) is 18.2 Å². The lowest BCUT2D eigenvalue weighted by Gasteiger charge is -2.39. The van der Waals surface area contributed by atoms with Crippen LogP contribution < -0.4 is 14.8 Å². The van der Waals surface area contributed by atoms with Crippen LogP contribution in [0.1, 0.15) is 24.0 Å². The van der Waals surface area contributed by atoms with Gasteiger partial charge in [0.2, 0.25) is 11.8 Å². The Morgan fingerprint density at radius 2 is 1.98 bits per heavy atom. The van der Waals surface area contributed by atoms with Gasteiger partial charge in [0.15, 0.2) is 11.5 Å². The van der Waals surface area contributed by atoms with Crippen molar-refractivity contribution in [3.8, 4) is 17.2 Å². The number of ether oxygens (including phenoxy) is 4. The van der Waals surface area contributed by atoms with Crippen molar-refractivity contribution in [1.29, 1.82) is 0 Å². The summed E-state index contributed by atoms with van der Waals surface area (Å²) in [6.07, 6.45) is 1.21. The Bertz CT molecular complexity index is 1140. The average molecular weight is 555 g/mol. The van der Waals surface area contributed by atoms with Crippen molar-refractivity contribution >= 4 is 11.8 Å². The molecule has 10 nitrogen and oxygen atoms in total. The zero-order chi connectivity index (χ0) is 28.5. The van der Waals surface area contributed by atoms with Crippen LogP contribution in [0.3, 0.4) is 0 Å². The molecule has 0 aromatic heterocycles. The molecule has 0 saturated carbocycles. The molecule has 40 heavy (non-hydrogen) atoms. The smallest absolute Gasteiger partial charge is 0.236 e. The van der Waals surface area contributed by atoms with Crippen molar-refractivity contribution < 1.29 is 28.5 Å². The minimum atomic E-state index is -0.312. The summed E-state index contributed by atoms with van der Waals surface area (Å²) in [4.78, 5) is 32.0. The molecule has 0 aliphatic carbocycles. The Labute approximate surface area is 237 Å². The van der Waals surface area contributed by atoms with Crippen LogP contribution in [0.15, 0.2) is 42.5 Å². The van der Waals surface area contributed by atoms with E-state index in [0.717, 1.165) is 17.5 Å². The predicted molar refractivity (Wildman–Crippen MR) is 152 cm³/mol. The summed E-state index contributed by atoms with van der Waals surface area (Å²) in [7, 11) is 7.05. The largest absolute Gasteiger partial charge is 0.493 e. The van der Waals surface area contributed by atoms with E-state index in [1.54, 1.807) is 14.2 Å². The summed E-state index contributed by atoms with van der Waals surface area (Å²) in [6, 6.07) is 13.3. The lowest BCUT2D eigenvalue weighted by molar-refractivity contribution is -0.138. The van der Waals surface area contributed by atoms with Crippen LogP contribution in [0.2, 0.25) is 0 Å². The second-order valence-corrected chi connectivity index (χ2v) is 10.7. The third-order valence-corrected chi connectivity index (χ3v) is 7.11. The second kappa shape index (κ2) is 14.5. The fourth-order valence-electron chi connectivity index (χ4n) is 5.15. The number of carbonyl (C=O) groups is 2. The fraction of sp³-hybridized carbons (Fsp3) is 0.533.